The van der Waals surface area contributed by atoms with Gasteiger partial charge in [0.2, 0.25) is 0 Å². The molecule has 0 aliphatic carbocycles. The number of nitrogens with zero attached hydrogens (tertiary/aromatic N) is 1. The molecule has 2 aliphatic heterocycles. The lowest BCUT2D eigenvalue weighted by atomic mass is 9.83. The number of carbonyl (C=O) groups is 2. The van der Waals surface area contributed by atoms with Gasteiger partial charge in [-0.2, -0.15) is 0 Å². The van der Waals surface area contributed by atoms with Crippen LogP contribution in [0.3, 0.4) is 0 Å². The van der Waals surface area contributed by atoms with E-state index >= 15 is 0 Å². The lowest BCUT2D eigenvalue weighted by Crippen LogP contribution is -2.32. The van der Waals surface area contributed by atoms with Gasteiger partial charge in [0, 0.05) is 30.0 Å². The maximum Gasteiger partial charge on any atom is 0.336 e. The molecule has 0 unspecified atom stereocenters. The Morgan fingerprint density at radius 2 is 1.85 bits per heavy atom. The van der Waals surface area contributed by atoms with Crippen molar-refractivity contribution in [2.45, 2.75) is 24.9 Å². The molecule has 0 aromatic heterocycles. The number of methoxy groups -OCH3 is 2. The summed E-state index contributed by atoms with van der Waals surface area (Å²) >= 11 is 3.45. The predicted octanol–water partition coefficient (Wildman–Crippen LogP) is 3.14. The van der Waals surface area contributed by atoms with E-state index in [1.807, 2.05) is 29.2 Å². The minimum atomic E-state index is -0.567. The summed E-state index contributed by atoms with van der Waals surface area (Å²) in [4.78, 5) is 26.9. The Bertz CT molecular complexity index is 748. The van der Waals surface area contributed by atoms with Crippen LogP contribution in [0.2, 0.25) is 0 Å². The fourth-order valence-electron chi connectivity index (χ4n) is 3.46. The smallest absolute Gasteiger partial charge is 0.336 e. The van der Waals surface area contributed by atoms with Gasteiger partial charge in [0.05, 0.1) is 37.4 Å². The Hall–Kier alpha value is -2.12. The van der Waals surface area contributed by atoms with Crippen LogP contribution in [0, 0.1) is 0 Å². The van der Waals surface area contributed by atoms with E-state index in [4.69, 9.17) is 14.2 Å². The van der Waals surface area contributed by atoms with Crippen molar-refractivity contribution in [3.05, 3.63) is 57.8 Å². The summed E-state index contributed by atoms with van der Waals surface area (Å²) in [6.07, 6.45) is 5.52. The van der Waals surface area contributed by atoms with Gasteiger partial charge in [-0.3, -0.25) is 0 Å². The third-order valence-corrected chi connectivity index (χ3v) is 5.19. The maximum absolute atomic E-state index is 12.5. The van der Waals surface area contributed by atoms with Crippen molar-refractivity contribution >= 4 is 27.9 Å². The number of benzene rings is 1. The van der Waals surface area contributed by atoms with Gasteiger partial charge in [-0.1, -0.05) is 28.1 Å². The normalized spacial score (nSPS) is 20.1. The first-order chi connectivity index (χ1) is 13.0. The molecule has 2 aliphatic rings. The van der Waals surface area contributed by atoms with Crippen LogP contribution in [0.25, 0.3) is 0 Å². The van der Waals surface area contributed by atoms with Crippen molar-refractivity contribution in [2.24, 2.45) is 0 Å². The third kappa shape index (κ3) is 4.42. The van der Waals surface area contributed by atoms with Gasteiger partial charge in [0.15, 0.2) is 0 Å². The molecule has 1 aromatic carbocycles. The summed E-state index contributed by atoms with van der Waals surface area (Å²) in [7, 11) is 2.67. The third-order valence-electron chi connectivity index (χ3n) is 4.69. The minimum absolute atomic E-state index is 0.0673. The summed E-state index contributed by atoms with van der Waals surface area (Å²) in [5.41, 5.74) is 1.57. The summed E-state index contributed by atoms with van der Waals surface area (Å²) < 4.78 is 16.5. The zero-order valence-corrected chi connectivity index (χ0v) is 16.9. The monoisotopic (exact) mass is 435 g/mol. The fraction of sp³-hybridized carbons (Fsp3) is 0.400. The molecule has 27 heavy (non-hydrogen) atoms. The SMILES string of the molecule is COC(=O)C1=CN(C[C@H]2CCCO2)C=C(C(=O)OC)C1c1cccc(Br)c1. The second kappa shape index (κ2) is 8.71. The van der Waals surface area contributed by atoms with Crippen LogP contribution in [-0.2, 0) is 23.8 Å². The van der Waals surface area contributed by atoms with E-state index in [9.17, 15) is 9.59 Å². The van der Waals surface area contributed by atoms with E-state index in [0.717, 1.165) is 29.5 Å². The van der Waals surface area contributed by atoms with Gasteiger partial charge in [-0.15, -0.1) is 0 Å². The first kappa shape index (κ1) is 19.6. The molecule has 0 bridgehead atoms. The quantitative estimate of drug-likeness (QED) is 0.661. The Morgan fingerprint density at radius 1 is 1.19 bits per heavy atom. The number of esters is 2. The maximum atomic E-state index is 12.5. The average Bonchev–Trinajstić information content (AvgIpc) is 3.19. The highest BCUT2D eigenvalue weighted by Gasteiger charge is 2.35. The Kier molecular flexibility index (Phi) is 6.34. The largest absolute Gasteiger partial charge is 0.466 e. The van der Waals surface area contributed by atoms with Gasteiger partial charge >= 0.3 is 11.9 Å². The van der Waals surface area contributed by atoms with E-state index in [2.05, 4.69) is 15.9 Å². The second-order valence-corrected chi connectivity index (χ2v) is 7.39. The van der Waals surface area contributed by atoms with E-state index in [1.165, 1.54) is 14.2 Å². The van der Waals surface area contributed by atoms with Crippen molar-refractivity contribution < 1.29 is 23.8 Å². The molecule has 0 amide bonds. The molecule has 1 aromatic rings. The number of ether oxygens (including phenoxy) is 3. The molecular weight excluding hydrogens is 414 g/mol. The second-order valence-electron chi connectivity index (χ2n) is 6.47. The van der Waals surface area contributed by atoms with Gasteiger partial charge in [-0.25, -0.2) is 9.59 Å². The van der Waals surface area contributed by atoms with Gasteiger partial charge in [-0.05, 0) is 30.5 Å². The van der Waals surface area contributed by atoms with Crippen molar-refractivity contribution in [1.29, 1.82) is 0 Å². The van der Waals surface area contributed by atoms with Crippen LogP contribution in [-0.4, -0.2) is 50.3 Å². The number of hydrogen-bond acceptors (Lipinski definition) is 6. The predicted molar refractivity (Wildman–Crippen MR) is 103 cm³/mol. The molecule has 1 fully saturated rings. The van der Waals surface area contributed by atoms with Gasteiger partial charge < -0.3 is 19.1 Å². The highest BCUT2D eigenvalue weighted by molar-refractivity contribution is 9.10. The molecule has 1 saturated heterocycles. The van der Waals surface area contributed by atoms with Crippen LogP contribution in [0.4, 0.5) is 0 Å². The summed E-state index contributed by atoms with van der Waals surface area (Å²) in [6.45, 7) is 1.30. The molecule has 1 atom stereocenters. The molecule has 144 valence electrons. The average molecular weight is 436 g/mol. The van der Waals surface area contributed by atoms with Crippen molar-refractivity contribution in [1.82, 2.24) is 4.90 Å². The minimum Gasteiger partial charge on any atom is -0.466 e. The van der Waals surface area contributed by atoms with Crippen molar-refractivity contribution in [3.8, 4) is 0 Å². The number of halogens is 1. The van der Waals surface area contributed by atoms with E-state index in [-0.39, 0.29) is 6.10 Å². The Balaban J connectivity index is 2.03. The summed E-state index contributed by atoms with van der Waals surface area (Å²) in [5, 5.41) is 0. The molecular formula is C20H22BrNO5. The zero-order chi connectivity index (χ0) is 19.4. The molecule has 0 N–H and O–H groups in total. The molecule has 3 rings (SSSR count). The molecule has 0 radical (unpaired) electrons. The first-order valence-electron chi connectivity index (χ1n) is 8.76. The van der Waals surface area contributed by atoms with Gasteiger partial charge in [0.1, 0.15) is 0 Å². The van der Waals surface area contributed by atoms with E-state index in [1.54, 1.807) is 12.4 Å². The molecule has 0 saturated carbocycles. The lowest BCUT2D eigenvalue weighted by Gasteiger charge is -2.31. The zero-order valence-electron chi connectivity index (χ0n) is 15.3. The number of hydrogen-bond donors (Lipinski definition) is 0. The topological polar surface area (TPSA) is 65.1 Å². The van der Waals surface area contributed by atoms with Crippen molar-refractivity contribution in [2.75, 3.05) is 27.4 Å². The van der Waals surface area contributed by atoms with Crippen LogP contribution in [0.15, 0.2) is 52.3 Å². The molecule has 6 nitrogen and oxygen atoms in total. The van der Waals surface area contributed by atoms with E-state index < -0.39 is 17.9 Å². The highest BCUT2D eigenvalue weighted by Crippen LogP contribution is 2.38. The van der Waals surface area contributed by atoms with Crippen LogP contribution in [0.5, 0.6) is 0 Å². The van der Waals surface area contributed by atoms with Crippen LogP contribution < -0.4 is 0 Å². The van der Waals surface area contributed by atoms with Crippen LogP contribution in [0.1, 0.15) is 24.3 Å². The molecule has 0 spiro atoms. The lowest BCUT2D eigenvalue weighted by molar-refractivity contribution is -0.137. The van der Waals surface area contributed by atoms with Crippen molar-refractivity contribution in [3.63, 3.8) is 0 Å². The molecule has 2 heterocycles. The highest BCUT2D eigenvalue weighted by atomic mass is 79.9. The Labute approximate surface area is 166 Å². The number of carbonyl (C=O) groups excluding carboxylic acids is 2. The molecule has 7 heteroatoms. The van der Waals surface area contributed by atoms with Gasteiger partial charge in [0.25, 0.3) is 0 Å². The fourth-order valence-corrected chi connectivity index (χ4v) is 3.88. The first-order valence-corrected chi connectivity index (χ1v) is 9.55. The standard InChI is InChI=1S/C20H22BrNO5/c1-25-19(23)16-11-22(10-15-7-4-8-27-15)12-17(20(24)26-2)18(16)13-5-3-6-14(21)9-13/h3,5-6,9,11-12,15,18H,4,7-8,10H2,1-2H3/t15-/m1/s1. The summed E-state index contributed by atoms with van der Waals surface area (Å²) in [5.74, 6) is -1.53. The summed E-state index contributed by atoms with van der Waals surface area (Å²) in [6, 6.07) is 7.51. The number of rotatable bonds is 5. The Morgan fingerprint density at radius 3 is 2.37 bits per heavy atom. The van der Waals surface area contributed by atoms with E-state index in [0.29, 0.717) is 17.7 Å². The van der Waals surface area contributed by atoms with Crippen LogP contribution >= 0.6 is 15.9 Å².